The highest BCUT2D eigenvalue weighted by Crippen LogP contribution is 2.50. The van der Waals surface area contributed by atoms with E-state index in [1.165, 1.54) is 6.07 Å². The molecule has 0 atom stereocenters. The van der Waals surface area contributed by atoms with Crippen molar-refractivity contribution < 1.29 is 18.4 Å². The van der Waals surface area contributed by atoms with Crippen molar-refractivity contribution in [2.45, 2.75) is 50.6 Å². The number of hydrogen-bond acceptors (Lipinski definition) is 7. The van der Waals surface area contributed by atoms with Gasteiger partial charge in [-0.25, -0.2) is 18.7 Å². The van der Waals surface area contributed by atoms with Crippen LogP contribution in [0.5, 0.6) is 0 Å². The van der Waals surface area contributed by atoms with Gasteiger partial charge >= 0.3 is 5.76 Å². The van der Waals surface area contributed by atoms with Gasteiger partial charge in [0.05, 0.1) is 11.7 Å². The van der Waals surface area contributed by atoms with Gasteiger partial charge in [-0.1, -0.05) is 6.07 Å². The average molecular weight is 508 g/mol. The SMILES string of the molecule is NC12CCC(CNC(=O)c3cc(C(=O)NCc4ccc5oc(=O)[nH]c5c4)nc4c(F)cnn34)(CC1)CC2. The Morgan fingerprint density at radius 3 is 2.62 bits per heavy atom. The van der Waals surface area contributed by atoms with Crippen LogP contribution in [0, 0.1) is 11.2 Å². The highest BCUT2D eigenvalue weighted by Gasteiger charge is 2.46. The number of carbonyl (C=O) groups is 2. The Bertz CT molecular complexity index is 1580. The van der Waals surface area contributed by atoms with Crippen LogP contribution in [0.3, 0.4) is 0 Å². The number of aromatic nitrogens is 4. The first-order chi connectivity index (χ1) is 17.7. The van der Waals surface area contributed by atoms with Crippen molar-refractivity contribution in [2.24, 2.45) is 11.1 Å². The number of nitrogens with two attached hydrogens (primary N) is 1. The van der Waals surface area contributed by atoms with Crippen LogP contribution in [0.15, 0.2) is 39.7 Å². The molecule has 2 amide bonds. The number of amides is 2. The molecule has 3 aliphatic carbocycles. The zero-order valence-corrected chi connectivity index (χ0v) is 20.0. The minimum absolute atomic E-state index is 0.0128. The van der Waals surface area contributed by atoms with Gasteiger partial charge in [-0.05, 0) is 61.6 Å². The van der Waals surface area contributed by atoms with E-state index in [1.807, 2.05) is 0 Å². The molecule has 0 saturated heterocycles. The smallest absolute Gasteiger partial charge is 0.408 e. The van der Waals surface area contributed by atoms with E-state index in [9.17, 15) is 18.8 Å². The summed E-state index contributed by atoms with van der Waals surface area (Å²) in [5.74, 6) is -2.35. The van der Waals surface area contributed by atoms with Crippen LogP contribution in [0.1, 0.15) is 65.1 Å². The summed E-state index contributed by atoms with van der Waals surface area (Å²) in [7, 11) is 0. The first-order valence-electron chi connectivity index (χ1n) is 12.2. The maximum Gasteiger partial charge on any atom is 0.417 e. The highest BCUT2D eigenvalue weighted by atomic mass is 19.1. The number of oxazole rings is 1. The van der Waals surface area contributed by atoms with Crippen molar-refractivity contribution in [3.05, 3.63) is 63.8 Å². The maximum atomic E-state index is 14.4. The van der Waals surface area contributed by atoms with Crippen molar-refractivity contribution in [1.29, 1.82) is 0 Å². The van der Waals surface area contributed by atoms with Crippen LogP contribution in [-0.4, -0.2) is 43.5 Å². The van der Waals surface area contributed by atoms with Gasteiger partial charge in [-0.3, -0.25) is 14.6 Å². The molecule has 3 fully saturated rings. The van der Waals surface area contributed by atoms with Gasteiger partial charge in [0.15, 0.2) is 17.0 Å². The Kier molecular flexibility index (Phi) is 5.37. The van der Waals surface area contributed by atoms with Crippen molar-refractivity contribution in [3.8, 4) is 0 Å². The molecule has 12 heteroatoms. The molecule has 7 rings (SSSR count). The molecule has 5 N–H and O–H groups in total. The summed E-state index contributed by atoms with van der Waals surface area (Å²) < 4.78 is 20.5. The molecule has 2 bridgehead atoms. The second-order valence-electron chi connectivity index (χ2n) is 10.3. The third kappa shape index (κ3) is 4.26. The van der Waals surface area contributed by atoms with Crippen molar-refractivity contribution in [3.63, 3.8) is 0 Å². The summed E-state index contributed by atoms with van der Waals surface area (Å²) in [5.41, 5.74) is 7.65. The molecule has 11 nitrogen and oxygen atoms in total. The van der Waals surface area contributed by atoms with Gasteiger partial charge in [-0.15, -0.1) is 0 Å². The monoisotopic (exact) mass is 507 g/mol. The van der Waals surface area contributed by atoms with E-state index in [4.69, 9.17) is 10.2 Å². The fourth-order valence-electron chi connectivity index (χ4n) is 5.51. The second-order valence-corrected chi connectivity index (χ2v) is 10.3. The number of fused-ring (bicyclic) bond motifs is 5. The van der Waals surface area contributed by atoms with Gasteiger partial charge in [-0.2, -0.15) is 5.10 Å². The lowest BCUT2D eigenvalue weighted by atomic mass is 9.57. The summed E-state index contributed by atoms with van der Waals surface area (Å²) in [5, 5.41) is 9.64. The number of halogens is 1. The number of aromatic amines is 1. The molecule has 3 aromatic heterocycles. The number of hydrogen-bond donors (Lipinski definition) is 4. The van der Waals surface area contributed by atoms with E-state index in [1.54, 1.807) is 18.2 Å². The molecule has 3 saturated carbocycles. The number of H-pyrrole nitrogens is 1. The number of benzene rings is 1. The molecular formula is C25H26FN7O4. The largest absolute Gasteiger partial charge is 0.417 e. The first kappa shape index (κ1) is 23.3. The highest BCUT2D eigenvalue weighted by molar-refractivity contribution is 5.98. The van der Waals surface area contributed by atoms with E-state index in [-0.39, 0.29) is 34.5 Å². The van der Waals surface area contributed by atoms with Crippen molar-refractivity contribution in [1.82, 2.24) is 30.2 Å². The molecule has 0 radical (unpaired) electrons. The van der Waals surface area contributed by atoms with Crippen LogP contribution in [0.2, 0.25) is 0 Å². The van der Waals surface area contributed by atoms with Gasteiger partial charge in [0.2, 0.25) is 0 Å². The number of carbonyl (C=O) groups excluding carboxylic acids is 2. The van der Waals surface area contributed by atoms with Crippen LogP contribution < -0.4 is 22.1 Å². The minimum atomic E-state index is -0.740. The third-order valence-electron chi connectivity index (χ3n) is 7.91. The van der Waals surface area contributed by atoms with E-state index in [0.29, 0.717) is 23.2 Å². The summed E-state index contributed by atoms with van der Waals surface area (Å²) in [4.78, 5) is 44.2. The van der Waals surface area contributed by atoms with E-state index >= 15 is 0 Å². The Hall–Kier alpha value is -4.06. The van der Waals surface area contributed by atoms with Gasteiger partial charge in [0.1, 0.15) is 11.4 Å². The fraction of sp³-hybridized carbons (Fsp3) is 0.400. The van der Waals surface area contributed by atoms with E-state index in [0.717, 1.165) is 49.2 Å². The van der Waals surface area contributed by atoms with Gasteiger partial charge in [0, 0.05) is 24.7 Å². The van der Waals surface area contributed by atoms with Crippen LogP contribution in [0.25, 0.3) is 16.7 Å². The number of rotatable bonds is 6. The summed E-state index contributed by atoms with van der Waals surface area (Å²) in [6.07, 6.45) is 6.67. The molecule has 0 spiro atoms. The maximum absolute atomic E-state index is 14.4. The third-order valence-corrected chi connectivity index (χ3v) is 7.91. The molecule has 0 unspecified atom stereocenters. The second kappa shape index (κ2) is 8.51. The predicted octanol–water partition coefficient (Wildman–Crippen LogP) is 2.01. The molecule has 3 heterocycles. The predicted molar refractivity (Wildman–Crippen MR) is 130 cm³/mol. The summed E-state index contributed by atoms with van der Waals surface area (Å²) in [6.45, 7) is 0.596. The summed E-state index contributed by atoms with van der Waals surface area (Å²) >= 11 is 0. The molecule has 1 aromatic carbocycles. The Morgan fingerprint density at radius 2 is 1.86 bits per heavy atom. The topological polar surface area (TPSA) is 160 Å². The lowest BCUT2D eigenvalue weighted by molar-refractivity contribution is 0.0429. The average Bonchev–Trinajstić information content (AvgIpc) is 3.47. The lowest BCUT2D eigenvalue weighted by Crippen LogP contribution is -2.54. The Balaban J connectivity index is 1.20. The van der Waals surface area contributed by atoms with Gasteiger partial charge in [0.25, 0.3) is 11.8 Å². The minimum Gasteiger partial charge on any atom is -0.408 e. The molecule has 4 aromatic rings. The lowest BCUT2D eigenvalue weighted by Gasteiger charge is -2.51. The zero-order valence-electron chi connectivity index (χ0n) is 20.0. The number of nitrogens with zero attached hydrogens (tertiary/aromatic N) is 3. The standard InChI is InChI=1S/C25H26FN7O4/c26-15-12-30-33-18(22(35)29-13-24-3-6-25(27,7-4-24)8-5-24)10-17(31-20(15)33)21(34)28-11-14-1-2-19-16(9-14)32-23(36)37-19/h1-2,9-10,12H,3-8,11,13,27H2,(H,28,34)(H,29,35)(H,32,36). The molecular weight excluding hydrogens is 481 g/mol. The van der Waals surface area contributed by atoms with Crippen LogP contribution >= 0.6 is 0 Å². The molecule has 37 heavy (non-hydrogen) atoms. The quantitative estimate of drug-likeness (QED) is 0.310. The normalized spacial score (nSPS) is 23.0. The number of nitrogens with one attached hydrogen (secondary N) is 3. The van der Waals surface area contributed by atoms with Crippen molar-refractivity contribution in [2.75, 3.05) is 6.54 Å². The zero-order chi connectivity index (χ0) is 25.8. The first-order valence-corrected chi connectivity index (χ1v) is 12.2. The van der Waals surface area contributed by atoms with E-state index in [2.05, 4.69) is 25.7 Å². The fourth-order valence-corrected chi connectivity index (χ4v) is 5.51. The molecule has 0 aliphatic heterocycles. The Labute approximate surface area is 209 Å². The van der Waals surface area contributed by atoms with E-state index < -0.39 is 23.4 Å². The summed E-state index contributed by atoms with van der Waals surface area (Å²) in [6, 6.07) is 6.31. The van der Waals surface area contributed by atoms with Crippen LogP contribution in [-0.2, 0) is 6.54 Å². The molecule has 192 valence electrons. The van der Waals surface area contributed by atoms with Crippen molar-refractivity contribution >= 4 is 28.6 Å². The van der Waals surface area contributed by atoms with Crippen LogP contribution in [0.4, 0.5) is 4.39 Å². The Morgan fingerprint density at radius 1 is 1.11 bits per heavy atom. The van der Waals surface area contributed by atoms with Gasteiger partial charge < -0.3 is 20.8 Å². The molecule has 3 aliphatic rings.